The number of rotatable bonds is 5. The summed E-state index contributed by atoms with van der Waals surface area (Å²) in [7, 11) is -3.89. The highest BCUT2D eigenvalue weighted by atomic mass is 32.2. The highest BCUT2D eigenvalue weighted by Gasteiger charge is 2.22. The van der Waals surface area contributed by atoms with E-state index in [1.165, 1.54) is 0 Å². The Balaban J connectivity index is 2.44. The third-order valence-electron chi connectivity index (χ3n) is 3.58. The van der Waals surface area contributed by atoms with Crippen LogP contribution in [0, 0.1) is 27.7 Å². The van der Waals surface area contributed by atoms with Gasteiger partial charge in [-0.2, -0.15) is 8.42 Å². The molecule has 2 aromatic carbocycles. The molecule has 0 bridgehead atoms. The number of hydrogen-bond donors (Lipinski definition) is 0. The van der Waals surface area contributed by atoms with Gasteiger partial charge >= 0.3 is 10.1 Å². The summed E-state index contributed by atoms with van der Waals surface area (Å²) in [6, 6.07) is 8.82. The van der Waals surface area contributed by atoms with Crippen LogP contribution in [-0.4, -0.2) is 15.0 Å². The molecule has 4 nitrogen and oxygen atoms in total. The van der Waals surface area contributed by atoms with E-state index >= 15 is 0 Å². The average molecular weight is 334 g/mol. The lowest BCUT2D eigenvalue weighted by Gasteiger charge is -2.14. The summed E-state index contributed by atoms with van der Waals surface area (Å²) in [4.78, 5) is 0.166. The maximum absolute atomic E-state index is 12.6. The quantitative estimate of drug-likeness (QED) is 0.773. The van der Waals surface area contributed by atoms with E-state index in [0.29, 0.717) is 23.7 Å². The van der Waals surface area contributed by atoms with Crippen molar-refractivity contribution in [3.05, 3.63) is 52.6 Å². The Morgan fingerprint density at radius 1 is 0.870 bits per heavy atom. The van der Waals surface area contributed by atoms with Crippen LogP contribution in [0.25, 0.3) is 0 Å². The van der Waals surface area contributed by atoms with Crippen LogP contribution in [-0.2, 0) is 10.1 Å². The SMILES string of the molecule is CCOc1cc(C)c(S(=O)(=O)Oc2cc(C)ccc2C)cc1C. The van der Waals surface area contributed by atoms with E-state index in [9.17, 15) is 8.42 Å². The smallest absolute Gasteiger partial charge is 0.339 e. The van der Waals surface area contributed by atoms with Gasteiger partial charge in [0.1, 0.15) is 16.4 Å². The summed E-state index contributed by atoms with van der Waals surface area (Å²) in [6.07, 6.45) is 0. The number of benzene rings is 2. The summed E-state index contributed by atoms with van der Waals surface area (Å²) in [6.45, 7) is 9.70. The summed E-state index contributed by atoms with van der Waals surface area (Å²) in [5.74, 6) is 1.05. The van der Waals surface area contributed by atoms with Gasteiger partial charge in [-0.25, -0.2) is 0 Å². The van der Waals surface area contributed by atoms with Gasteiger partial charge in [0.15, 0.2) is 0 Å². The van der Waals surface area contributed by atoms with Crippen molar-refractivity contribution in [3.63, 3.8) is 0 Å². The molecule has 0 aliphatic heterocycles. The van der Waals surface area contributed by atoms with Crippen molar-refractivity contribution in [3.8, 4) is 11.5 Å². The van der Waals surface area contributed by atoms with Crippen LogP contribution in [0.4, 0.5) is 0 Å². The summed E-state index contributed by atoms with van der Waals surface area (Å²) >= 11 is 0. The Morgan fingerprint density at radius 2 is 1.57 bits per heavy atom. The first-order valence-electron chi connectivity index (χ1n) is 7.50. The predicted octanol–water partition coefficient (Wildman–Crippen LogP) is 4.09. The van der Waals surface area contributed by atoms with Crippen molar-refractivity contribution in [2.24, 2.45) is 0 Å². The third-order valence-corrected chi connectivity index (χ3v) is 4.96. The fourth-order valence-corrected chi connectivity index (χ4v) is 3.58. The molecule has 0 aliphatic rings. The molecule has 2 rings (SSSR count). The third kappa shape index (κ3) is 3.85. The molecule has 0 spiro atoms. The highest BCUT2D eigenvalue weighted by Crippen LogP contribution is 2.29. The number of hydrogen-bond acceptors (Lipinski definition) is 4. The van der Waals surface area contributed by atoms with Gasteiger partial charge in [-0.15, -0.1) is 0 Å². The first-order chi connectivity index (χ1) is 10.7. The van der Waals surface area contributed by atoms with Gasteiger partial charge in [0.25, 0.3) is 0 Å². The molecule has 0 aliphatic carbocycles. The number of ether oxygens (including phenoxy) is 1. The van der Waals surface area contributed by atoms with Crippen molar-refractivity contribution in [2.45, 2.75) is 39.5 Å². The maximum Gasteiger partial charge on any atom is 0.339 e. The van der Waals surface area contributed by atoms with Crippen LogP contribution in [0.2, 0.25) is 0 Å². The van der Waals surface area contributed by atoms with Crippen LogP contribution in [0.1, 0.15) is 29.2 Å². The van der Waals surface area contributed by atoms with E-state index in [1.54, 1.807) is 25.1 Å². The zero-order chi connectivity index (χ0) is 17.2. The van der Waals surface area contributed by atoms with E-state index in [-0.39, 0.29) is 4.90 Å². The van der Waals surface area contributed by atoms with Crippen LogP contribution < -0.4 is 8.92 Å². The second-order valence-electron chi connectivity index (χ2n) is 5.62. The Labute approximate surface area is 138 Å². The van der Waals surface area contributed by atoms with Crippen molar-refractivity contribution < 1.29 is 17.3 Å². The van der Waals surface area contributed by atoms with Crippen LogP contribution >= 0.6 is 0 Å². The Morgan fingerprint density at radius 3 is 2.22 bits per heavy atom. The molecule has 0 saturated heterocycles. The van der Waals surface area contributed by atoms with E-state index in [1.807, 2.05) is 39.8 Å². The van der Waals surface area contributed by atoms with E-state index in [4.69, 9.17) is 8.92 Å². The summed E-state index contributed by atoms with van der Waals surface area (Å²) in [5.41, 5.74) is 3.09. The molecule has 0 unspecified atom stereocenters. The molecule has 5 heteroatoms. The Hall–Kier alpha value is -2.01. The van der Waals surface area contributed by atoms with Crippen LogP contribution in [0.5, 0.6) is 11.5 Å². The molecule has 0 fully saturated rings. The normalized spacial score (nSPS) is 11.3. The molecule has 0 N–H and O–H groups in total. The molecule has 124 valence electrons. The van der Waals surface area contributed by atoms with Crippen molar-refractivity contribution in [1.82, 2.24) is 0 Å². The fraction of sp³-hybridized carbons (Fsp3) is 0.333. The number of aryl methyl sites for hydroxylation is 4. The predicted molar refractivity (Wildman–Crippen MR) is 90.8 cm³/mol. The molecule has 0 saturated carbocycles. The van der Waals surface area contributed by atoms with Gasteiger partial charge in [-0.05, 0) is 75.1 Å². The molecule has 0 heterocycles. The minimum atomic E-state index is -3.89. The molecule has 0 radical (unpaired) electrons. The van der Waals surface area contributed by atoms with Gasteiger partial charge in [-0.1, -0.05) is 12.1 Å². The molecule has 0 aromatic heterocycles. The molecule has 0 atom stereocenters. The van der Waals surface area contributed by atoms with Gasteiger partial charge in [0.2, 0.25) is 0 Å². The molecule has 2 aromatic rings. The second-order valence-corrected chi connectivity index (χ2v) is 7.14. The zero-order valence-electron chi connectivity index (χ0n) is 14.1. The Bertz CT molecular complexity index is 823. The van der Waals surface area contributed by atoms with Crippen LogP contribution in [0.3, 0.4) is 0 Å². The minimum Gasteiger partial charge on any atom is -0.494 e. The molecule has 0 amide bonds. The average Bonchev–Trinajstić information content (AvgIpc) is 2.46. The molecule has 23 heavy (non-hydrogen) atoms. The Kier molecular flexibility index (Phi) is 5.00. The summed E-state index contributed by atoms with van der Waals surface area (Å²) < 4.78 is 36.2. The lowest BCUT2D eigenvalue weighted by molar-refractivity contribution is 0.337. The van der Waals surface area contributed by atoms with Crippen molar-refractivity contribution in [1.29, 1.82) is 0 Å². The van der Waals surface area contributed by atoms with Gasteiger partial charge in [0, 0.05) is 0 Å². The molecular weight excluding hydrogens is 312 g/mol. The fourth-order valence-electron chi connectivity index (χ4n) is 2.30. The van der Waals surface area contributed by atoms with Crippen molar-refractivity contribution in [2.75, 3.05) is 6.61 Å². The van der Waals surface area contributed by atoms with E-state index in [2.05, 4.69) is 0 Å². The summed E-state index contributed by atoms with van der Waals surface area (Å²) in [5, 5.41) is 0. The minimum absolute atomic E-state index is 0.166. The lowest BCUT2D eigenvalue weighted by Crippen LogP contribution is -2.13. The van der Waals surface area contributed by atoms with Gasteiger partial charge < -0.3 is 8.92 Å². The van der Waals surface area contributed by atoms with Crippen molar-refractivity contribution >= 4 is 10.1 Å². The molecular formula is C18H22O4S. The second kappa shape index (κ2) is 6.62. The lowest BCUT2D eigenvalue weighted by atomic mass is 10.1. The largest absolute Gasteiger partial charge is 0.494 e. The van der Waals surface area contributed by atoms with E-state index in [0.717, 1.165) is 16.7 Å². The zero-order valence-corrected chi connectivity index (χ0v) is 15.0. The first kappa shape index (κ1) is 17.3. The van der Waals surface area contributed by atoms with Crippen LogP contribution in [0.15, 0.2) is 35.2 Å². The topological polar surface area (TPSA) is 52.6 Å². The standard InChI is InChI=1S/C18H22O4S/c1-6-21-16-10-15(5)18(11-14(16)4)23(19,20)22-17-9-12(2)7-8-13(17)3/h7-11H,6H2,1-5H3. The highest BCUT2D eigenvalue weighted by molar-refractivity contribution is 7.87. The van der Waals surface area contributed by atoms with E-state index < -0.39 is 10.1 Å². The maximum atomic E-state index is 12.6. The van der Waals surface area contributed by atoms with Gasteiger partial charge in [-0.3, -0.25) is 0 Å². The first-order valence-corrected chi connectivity index (χ1v) is 8.91. The van der Waals surface area contributed by atoms with Gasteiger partial charge in [0.05, 0.1) is 6.61 Å². The monoisotopic (exact) mass is 334 g/mol.